The van der Waals surface area contributed by atoms with E-state index in [2.05, 4.69) is 37.2 Å². The number of carbonyl (C=O) groups is 1. The van der Waals surface area contributed by atoms with Crippen molar-refractivity contribution in [2.75, 3.05) is 5.33 Å². The van der Waals surface area contributed by atoms with Gasteiger partial charge in [-0.2, -0.15) is 0 Å². The zero-order valence-electron chi connectivity index (χ0n) is 10.4. The van der Waals surface area contributed by atoms with E-state index >= 15 is 0 Å². The fourth-order valence-corrected chi connectivity index (χ4v) is 2.69. The molecule has 0 aliphatic rings. The van der Waals surface area contributed by atoms with E-state index in [0.29, 0.717) is 10.9 Å². The van der Waals surface area contributed by atoms with Crippen molar-refractivity contribution in [1.82, 2.24) is 5.32 Å². The fraction of sp³-hybridized carbons (Fsp3) is 0.133. The topological polar surface area (TPSA) is 29.1 Å². The number of carbonyl (C=O) groups excluding carboxylic acids is 1. The van der Waals surface area contributed by atoms with Crippen LogP contribution in [0, 0.1) is 5.82 Å². The Labute approximate surface area is 133 Å². The second-order valence-corrected chi connectivity index (χ2v) is 5.72. The van der Waals surface area contributed by atoms with Gasteiger partial charge in [-0.1, -0.05) is 46.3 Å². The van der Waals surface area contributed by atoms with E-state index in [1.54, 1.807) is 0 Å². The number of benzene rings is 2. The highest BCUT2D eigenvalue weighted by atomic mass is 79.9. The Balaban J connectivity index is 2.15. The van der Waals surface area contributed by atoms with E-state index < -0.39 is 0 Å². The van der Waals surface area contributed by atoms with Crippen LogP contribution in [0.3, 0.4) is 0 Å². The van der Waals surface area contributed by atoms with E-state index in [4.69, 9.17) is 0 Å². The van der Waals surface area contributed by atoms with E-state index in [-0.39, 0.29) is 22.2 Å². The molecular weight excluding hydrogens is 389 g/mol. The summed E-state index contributed by atoms with van der Waals surface area (Å²) in [6, 6.07) is 13.7. The summed E-state index contributed by atoms with van der Waals surface area (Å²) >= 11 is 6.47. The van der Waals surface area contributed by atoms with Gasteiger partial charge < -0.3 is 5.32 Å². The molecule has 0 aliphatic heterocycles. The van der Waals surface area contributed by atoms with E-state index in [0.717, 1.165) is 5.56 Å². The van der Waals surface area contributed by atoms with Gasteiger partial charge in [0.05, 0.1) is 10.5 Å². The maximum atomic E-state index is 13.2. The van der Waals surface area contributed by atoms with Crippen LogP contribution >= 0.6 is 31.9 Å². The highest BCUT2D eigenvalue weighted by molar-refractivity contribution is 9.10. The Kier molecular flexibility index (Phi) is 5.31. The standard InChI is InChI=1S/C15H12Br2FNO/c16-9-14(10-4-2-1-3-5-10)19-15(20)11-6-7-13(18)12(17)8-11/h1-8,14H,9H2,(H,19,20). The molecule has 1 amide bonds. The zero-order chi connectivity index (χ0) is 14.5. The normalized spacial score (nSPS) is 11.9. The van der Waals surface area contributed by atoms with Crippen molar-refractivity contribution >= 4 is 37.8 Å². The molecule has 0 aromatic heterocycles. The molecule has 0 fully saturated rings. The summed E-state index contributed by atoms with van der Waals surface area (Å²) in [4.78, 5) is 12.2. The number of amides is 1. The zero-order valence-corrected chi connectivity index (χ0v) is 13.6. The lowest BCUT2D eigenvalue weighted by Gasteiger charge is -2.16. The Morgan fingerprint density at radius 1 is 1.20 bits per heavy atom. The van der Waals surface area contributed by atoms with Gasteiger partial charge in [-0.05, 0) is 39.7 Å². The molecular formula is C15H12Br2FNO. The lowest BCUT2D eigenvalue weighted by Crippen LogP contribution is -2.29. The summed E-state index contributed by atoms with van der Waals surface area (Å²) in [7, 11) is 0. The summed E-state index contributed by atoms with van der Waals surface area (Å²) in [5, 5.41) is 3.52. The summed E-state index contributed by atoms with van der Waals surface area (Å²) in [6.07, 6.45) is 0. The van der Waals surface area contributed by atoms with Gasteiger partial charge in [-0.15, -0.1) is 0 Å². The van der Waals surface area contributed by atoms with Gasteiger partial charge in [0, 0.05) is 10.9 Å². The van der Waals surface area contributed by atoms with Gasteiger partial charge in [-0.25, -0.2) is 4.39 Å². The molecule has 5 heteroatoms. The first kappa shape index (κ1) is 15.2. The van der Waals surface area contributed by atoms with Crippen LogP contribution in [-0.4, -0.2) is 11.2 Å². The Morgan fingerprint density at radius 3 is 2.50 bits per heavy atom. The number of alkyl halides is 1. The summed E-state index contributed by atoms with van der Waals surface area (Å²) in [5.74, 6) is -0.624. The highest BCUT2D eigenvalue weighted by Gasteiger charge is 2.15. The van der Waals surface area contributed by atoms with Crippen molar-refractivity contribution in [3.63, 3.8) is 0 Å². The molecule has 1 unspecified atom stereocenters. The quantitative estimate of drug-likeness (QED) is 0.754. The summed E-state index contributed by atoms with van der Waals surface area (Å²) in [6.45, 7) is 0. The molecule has 104 valence electrons. The van der Waals surface area contributed by atoms with Crippen molar-refractivity contribution < 1.29 is 9.18 Å². The Hall–Kier alpha value is -1.20. The van der Waals surface area contributed by atoms with Crippen LogP contribution in [0.5, 0.6) is 0 Å². The van der Waals surface area contributed by atoms with Crippen LogP contribution in [0.1, 0.15) is 22.0 Å². The third kappa shape index (κ3) is 3.67. The Bertz CT molecular complexity index is 604. The van der Waals surface area contributed by atoms with Gasteiger partial charge in [0.1, 0.15) is 5.82 Å². The molecule has 0 aliphatic carbocycles. The monoisotopic (exact) mass is 399 g/mol. The second kappa shape index (κ2) is 6.99. The van der Waals surface area contributed by atoms with Crippen molar-refractivity contribution in [3.8, 4) is 0 Å². The molecule has 2 nitrogen and oxygen atoms in total. The SMILES string of the molecule is O=C(NC(CBr)c1ccccc1)c1ccc(F)c(Br)c1. The average Bonchev–Trinajstić information content (AvgIpc) is 2.48. The molecule has 2 aromatic rings. The van der Waals surface area contributed by atoms with Crippen LogP contribution in [0.2, 0.25) is 0 Å². The first-order valence-corrected chi connectivity index (χ1v) is 7.90. The molecule has 0 saturated heterocycles. The third-order valence-electron chi connectivity index (χ3n) is 2.84. The van der Waals surface area contributed by atoms with Crippen molar-refractivity contribution in [2.45, 2.75) is 6.04 Å². The molecule has 2 rings (SSSR count). The molecule has 1 N–H and O–H groups in total. The van der Waals surface area contributed by atoms with Crippen LogP contribution in [-0.2, 0) is 0 Å². The molecule has 0 radical (unpaired) electrons. The van der Waals surface area contributed by atoms with Gasteiger partial charge in [0.2, 0.25) is 0 Å². The third-order valence-corrected chi connectivity index (χ3v) is 4.10. The molecule has 20 heavy (non-hydrogen) atoms. The van der Waals surface area contributed by atoms with Crippen LogP contribution in [0.15, 0.2) is 53.0 Å². The molecule has 0 bridgehead atoms. The number of nitrogens with one attached hydrogen (secondary N) is 1. The van der Waals surface area contributed by atoms with E-state index in [1.807, 2.05) is 30.3 Å². The molecule has 1 atom stereocenters. The Morgan fingerprint density at radius 2 is 1.90 bits per heavy atom. The van der Waals surface area contributed by atoms with Crippen molar-refractivity contribution in [1.29, 1.82) is 0 Å². The highest BCUT2D eigenvalue weighted by Crippen LogP contribution is 2.19. The van der Waals surface area contributed by atoms with Gasteiger partial charge in [0.15, 0.2) is 0 Å². The minimum absolute atomic E-state index is 0.132. The number of rotatable bonds is 4. The van der Waals surface area contributed by atoms with E-state index in [9.17, 15) is 9.18 Å². The maximum absolute atomic E-state index is 13.2. The number of hydrogen-bond donors (Lipinski definition) is 1. The minimum atomic E-state index is -0.387. The van der Waals surface area contributed by atoms with Crippen molar-refractivity contribution in [3.05, 3.63) is 69.9 Å². The number of halogens is 3. The van der Waals surface area contributed by atoms with Gasteiger partial charge in [-0.3, -0.25) is 4.79 Å². The van der Waals surface area contributed by atoms with Gasteiger partial charge >= 0.3 is 0 Å². The van der Waals surface area contributed by atoms with Gasteiger partial charge in [0.25, 0.3) is 5.91 Å². The van der Waals surface area contributed by atoms with Crippen LogP contribution < -0.4 is 5.32 Å². The average molecular weight is 401 g/mol. The van der Waals surface area contributed by atoms with Crippen LogP contribution in [0.25, 0.3) is 0 Å². The fourth-order valence-electron chi connectivity index (χ4n) is 1.78. The smallest absolute Gasteiger partial charge is 0.251 e. The first-order chi connectivity index (χ1) is 9.61. The second-order valence-electron chi connectivity index (χ2n) is 4.22. The minimum Gasteiger partial charge on any atom is -0.344 e. The molecule has 2 aromatic carbocycles. The van der Waals surface area contributed by atoms with E-state index in [1.165, 1.54) is 18.2 Å². The summed E-state index contributed by atoms with van der Waals surface area (Å²) < 4.78 is 13.4. The lowest BCUT2D eigenvalue weighted by atomic mass is 10.1. The lowest BCUT2D eigenvalue weighted by molar-refractivity contribution is 0.0940. The maximum Gasteiger partial charge on any atom is 0.251 e. The molecule has 0 heterocycles. The first-order valence-electron chi connectivity index (χ1n) is 5.98. The summed E-state index contributed by atoms with van der Waals surface area (Å²) in [5.41, 5.74) is 1.43. The largest absolute Gasteiger partial charge is 0.344 e. The molecule has 0 spiro atoms. The predicted octanol–water partition coefficient (Wildman–Crippen LogP) is 4.45. The molecule has 0 saturated carbocycles. The predicted molar refractivity (Wildman–Crippen MR) is 84.5 cm³/mol. The van der Waals surface area contributed by atoms with Crippen molar-refractivity contribution in [2.24, 2.45) is 0 Å². The number of hydrogen-bond acceptors (Lipinski definition) is 1. The van der Waals surface area contributed by atoms with Crippen LogP contribution in [0.4, 0.5) is 4.39 Å².